The number of amides is 1. The Morgan fingerprint density at radius 1 is 1.29 bits per heavy atom. The van der Waals surface area contributed by atoms with Gasteiger partial charge < -0.3 is 10.2 Å². The fourth-order valence-corrected chi connectivity index (χ4v) is 2.92. The molecular weight excluding hydrogens is 219 g/mol. The van der Waals surface area contributed by atoms with E-state index in [2.05, 4.69) is 5.32 Å². The molecule has 0 saturated carbocycles. The quantitative estimate of drug-likeness (QED) is 0.815. The zero-order chi connectivity index (χ0) is 12.1. The number of piperidine rings is 2. The van der Waals surface area contributed by atoms with Crippen LogP contribution in [0.2, 0.25) is 0 Å². The third-order valence-electron chi connectivity index (χ3n) is 4.09. The van der Waals surface area contributed by atoms with Crippen LogP contribution in [0.3, 0.4) is 0 Å². The van der Waals surface area contributed by atoms with Gasteiger partial charge in [0.1, 0.15) is 0 Å². The van der Waals surface area contributed by atoms with Crippen molar-refractivity contribution in [3.63, 3.8) is 0 Å². The van der Waals surface area contributed by atoms with Crippen molar-refractivity contribution < 1.29 is 9.18 Å². The molecule has 1 N–H and O–H groups in total. The van der Waals surface area contributed by atoms with E-state index in [1.54, 1.807) is 0 Å². The molecule has 17 heavy (non-hydrogen) atoms. The largest absolute Gasteiger partial charge is 0.342 e. The third-order valence-corrected chi connectivity index (χ3v) is 4.09. The summed E-state index contributed by atoms with van der Waals surface area (Å²) in [6.07, 6.45) is 4.77. The molecule has 0 radical (unpaired) electrons. The minimum atomic E-state index is -0.217. The number of halogens is 1. The van der Waals surface area contributed by atoms with Crippen molar-refractivity contribution in [2.45, 2.75) is 32.1 Å². The lowest BCUT2D eigenvalue weighted by Crippen LogP contribution is -2.46. The Hall–Kier alpha value is -0.640. The summed E-state index contributed by atoms with van der Waals surface area (Å²) in [6.45, 7) is 3.33. The molecular formula is C13H23FN2O. The molecule has 0 spiro atoms. The molecule has 0 aliphatic carbocycles. The van der Waals surface area contributed by atoms with Crippen LogP contribution in [0.4, 0.5) is 4.39 Å². The van der Waals surface area contributed by atoms with Gasteiger partial charge in [0.25, 0.3) is 0 Å². The average molecular weight is 242 g/mol. The molecule has 2 saturated heterocycles. The van der Waals surface area contributed by atoms with Crippen molar-refractivity contribution in [1.82, 2.24) is 10.2 Å². The number of likely N-dealkylation sites (tertiary alicyclic amines) is 1. The van der Waals surface area contributed by atoms with E-state index in [1.165, 1.54) is 0 Å². The van der Waals surface area contributed by atoms with Gasteiger partial charge in [-0.2, -0.15) is 0 Å². The van der Waals surface area contributed by atoms with Gasteiger partial charge in [0, 0.05) is 19.6 Å². The summed E-state index contributed by atoms with van der Waals surface area (Å²) in [4.78, 5) is 14.2. The van der Waals surface area contributed by atoms with Gasteiger partial charge >= 0.3 is 0 Å². The molecule has 0 bridgehead atoms. The van der Waals surface area contributed by atoms with Crippen LogP contribution >= 0.6 is 0 Å². The summed E-state index contributed by atoms with van der Waals surface area (Å²) in [5.74, 6) is 0.992. The van der Waals surface area contributed by atoms with Gasteiger partial charge in [-0.15, -0.1) is 0 Å². The first-order valence-corrected chi connectivity index (χ1v) is 6.86. The third kappa shape index (κ3) is 3.41. The van der Waals surface area contributed by atoms with Crippen molar-refractivity contribution in [3.05, 3.63) is 0 Å². The summed E-state index contributed by atoms with van der Waals surface area (Å²) in [7, 11) is 0. The summed E-state index contributed by atoms with van der Waals surface area (Å²) in [5.41, 5.74) is 0. The number of nitrogens with zero attached hydrogens (tertiary/aromatic N) is 1. The molecule has 1 atom stereocenters. The van der Waals surface area contributed by atoms with Crippen molar-refractivity contribution in [3.8, 4) is 0 Å². The monoisotopic (exact) mass is 242 g/mol. The first-order chi connectivity index (χ1) is 8.31. The molecule has 98 valence electrons. The van der Waals surface area contributed by atoms with Crippen molar-refractivity contribution in [2.75, 3.05) is 32.9 Å². The van der Waals surface area contributed by atoms with Crippen LogP contribution in [0.5, 0.6) is 0 Å². The van der Waals surface area contributed by atoms with Crippen LogP contribution in [0.15, 0.2) is 0 Å². The Labute approximate surface area is 103 Å². The number of alkyl halides is 1. The zero-order valence-electron chi connectivity index (χ0n) is 10.5. The van der Waals surface area contributed by atoms with Gasteiger partial charge in [-0.1, -0.05) is 0 Å². The summed E-state index contributed by atoms with van der Waals surface area (Å²) in [5, 5.41) is 3.29. The highest BCUT2D eigenvalue weighted by molar-refractivity contribution is 5.79. The van der Waals surface area contributed by atoms with E-state index >= 15 is 0 Å². The molecule has 2 aliphatic heterocycles. The predicted octanol–water partition coefficient (Wildman–Crippen LogP) is 1.58. The normalized spacial score (nSPS) is 27.1. The fraction of sp³-hybridized carbons (Fsp3) is 0.923. The molecule has 1 amide bonds. The number of rotatable bonds is 3. The maximum Gasteiger partial charge on any atom is 0.226 e. The number of nitrogens with one attached hydrogen (secondary N) is 1. The summed E-state index contributed by atoms with van der Waals surface area (Å²) in [6, 6.07) is 0. The van der Waals surface area contributed by atoms with Gasteiger partial charge in [0.2, 0.25) is 5.91 Å². The topological polar surface area (TPSA) is 32.3 Å². The minimum absolute atomic E-state index is 0.182. The Kier molecular flexibility index (Phi) is 4.77. The average Bonchev–Trinajstić information content (AvgIpc) is 2.40. The van der Waals surface area contributed by atoms with Gasteiger partial charge in [0.05, 0.1) is 12.6 Å². The Morgan fingerprint density at radius 3 is 2.65 bits per heavy atom. The molecule has 0 aromatic heterocycles. The van der Waals surface area contributed by atoms with E-state index < -0.39 is 0 Å². The van der Waals surface area contributed by atoms with E-state index in [0.29, 0.717) is 18.2 Å². The van der Waals surface area contributed by atoms with Crippen LogP contribution < -0.4 is 5.32 Å². The standard InChI is InChI=1S/C13H23FN2O/c14-6-3-11-4-8-16(9-5-11)13(17)12-2-1-7-15-10-12/h11-12,15H,1-10H2. The highest BCUT2D eigenvalue weighted by atomic mass is 19.1. The maximum absolute atomic E-state index is 12.2. The van der Waals surface area contributed by atoms with Gasteiger partial charge in [-0.3, -0.25) is 9.18 Å². The Balaban J connectivity index is 1.77. The van der Waals surface area contributed by atoms with Crippen LogP contribution in [-0.4, -0.2) is 43.7 Å². The van der Waals surface area contributed by atoms with Crippen molar-refractivity contribution in [1.29, 1.82) is 0 Å². The van der Waals surface area contributed by atoms with Crippen LogP contribution in [0.1, 0.15) is 32.1 Å². The highest BCUT2D eigenvalue weighted by Gasteiger charge is 2.28. The van der Waals surface area contributed by atoms with Crippen LogP contribution in [0, 0.1) is 11.8 Å². The van der Waals surface area contributed by atoms with Gasteiger partial charge in [-0.25, -0.2) is 0 Å². The lowest BCUT2D eigenvalue weighted by atomic mass is 9.92. The molecule has 2 rings (SSSR count). The molecule has 0 aromatic carbocycles. The summed E-state index contributed by atoms with van der Waals surface area (Å²) >= 11 is 0. The van der Waals surface area contributed by atoms with Gasteiger partial charge in [-0.05, 0) is 44.6 Å². The number of hydrogen-bond donors (Lipinski definition) is 1. The second-order valence-electron chi connectivity index (χ2n) is 5.29. The molecule has 4 heteroatoms. The SMILES string of the molecule is O=C(C1CCCNC1)N1CCC(CCF)CC1. The molecule has 3 nitrogen and oxygen atoms in total. The molecule has 2 heterocycles. The second-order valence-corrected chi connectivity index (χ2v) is 5.29. The number of carbonyl (C=O) groups excluding carboxylic acids is 1. The zero-order valence-corrected chi connectivity index (χ0v) is 10.5. The highest BCUT2D eigenvalue weighted by Crippen LogP contribution is 2.23. The molecule has 1 unspecified atom stereocenters. The van der Waals surface area contributed by atoms with Crippen LogP contribution in [-0.2, 0) is 4.79 Å². The summed E-state index contributed by atoms with van der Waals surface area (Å²) < 4.78 is 12.2. The number of hydrogen-bond acceptors (Lipinski definition) is 2. The van der Waals surface area contributed by atoms with E-state index in [-0.39, 0.29) is 12.6 Å². The van der Waals surface area contributed by atoms with E-state index in [0.717, 1.165) is 51.9 Å². The number of carbonyl (C=O) groups is 1. The van der Waals surface area contributed by atoms with Crippen molar-refractivity contribution in [2.24, 2.45) is 11.8 Å². The Bertz CT molecular complexity index is 246. The van der Waals surface area contributed by atoms with E-state index in [4.69, 9.17) is 0 Å². The van der Waals surface area contributed by atoms with Gasteiger partial charge in [0.15, 0.2) is 0 Å². The lowest BCUT2D eigenvalue weighted by molar-refractivity contribution is -0.137. The fourth-order valence-electron chi connectivity index (χ4n) is 2.92. The predicted molar refractivity (Wildman–Crippen MR) is 65.5 cm³/mol. The molecule has 2 fully saturated rings. The van der Waals surface area contributed by atoms with E-state index in [1.807, 2.05) is 4.90 Å². The lowest BCUT2D eigenvalue weighted by Gasteiger charge is -2.35. The molecule has 2 aliphatic rings. The maximum atomic E-state index is 12.2. The molecule has 0 aromatic rings. The van der Waals surface area contributed by atoms with Crippen LogP contribution in [0.25, 0.3) is 0 Å². The van der Waals surface area contributed by atoms with Crippen molar-refractivity contribution >= 4 is 5.91 Å². The minimum Gasteiger partial charge on any atom is -0.342 e. The first kappa shape index (κ1) is 12.8. The smallest absolute Gasteiger partial charge is 0.226 e. The first-order valence-electron chi connectivity index (χ1n) is 6.86. The second kappa shape index (κ2) is 6.34. The van der Waals surface area contributed by atoms with E-state index in [9.17, 15) is 9.18 Å². The Morgan fingerprint density at radius 2 is 2.06 bits per heavy atom.